The van der Waals surface area contributed by atoms with Crippen molar-refractivity contribution in [3.63, 3.8) is 0 Å². The van der Waals surface area contributed by atoms with E-state index >= 15 is 0 Å². The van der Waals surface area contributed by atoms with Gasteiger partial charge in [0.25, 0.3) is 0 Å². The second-order valence-electron chi connectivity index (χ2n) is 4.27. The summed E-state index contributed by atoms with van der Waals surface area (Å²) in [6.45, 7) is 1.59. The Morgan fingerprint density at radius 1 is 1.41 bits per heavy atom. The number of aliphatic carboxylic acids is 1. The molecule has 1 aromatic rings. The van der Waals surface area contributed by atoms with Crippen LogP contribution in [0.25, 0.3) is 0 Å². The molecule has 17 heavy (non-hydrogen) atoms. The molecule has 0 saturated carbocycles. The van der Waals surface area contributed by atoms with Crippen LogP contribution >= 0.6 is 11.6 Å². The van der Waals surface area contributed by atoms with Crippen molar-refractivity contribution in [3.8, 4) is 0 Å². The highest BCUT2D eigenvalue weighted by Crippen LogP contribution is 2.23. The molecular weight excluding hydrogens is 242 g/mol. The number of halogens is 1. The van der Waals surface area contributed by atoms with E-state index < -0.39 is 11.6 Å². The summed E-state index contributed by atoms with van der Waals surface area (Å²) >= 11 is 5.78. The number of benzene rings is 1. The minimum Gasteiger partial charge on any atom is -0.481 e. The Balaban J connectivity index is 1.92. The predicted molar refractivity (Wildman–Crippen MR) is 64.1 cm³/mol. The summed E-state index contributed by atoms with van der Waals surface area (Å²) in [5.74, 6) is -0.831. The van der Waals surface area contributed by atoms with Gasteiger partial charge in [-0.3, -0.25) is 4.79 Å². The maximum Gasteiger partial charge on any atom is 0.306 e. The molecule has 1 fully saturated rings. The Morgan fingerprint density at radius 3 is 2.53 bits per heavy atom. The second-order valence-corrected chi connectivity index (χ2v) is 4.71. The quantitative estimate of drug-likeness (QED) is 0.840. The van der Waals surface area contributed by atoms with Crippen molar-refractivity contribution in [1.29, 1.82) is 0 Å². The van der Waals surface area contributed by atoms with E-state index in [1.165, 1.54) is 0 Å². The van der Waals surface area contributed by atoms with E-state index in [1.807, 2.05) is 12.1 Å². The molecule has 0 aromatic heterocycles. The minimum atomic E-state index is -0.831. The van der Waals surface area contributed by atoms with Crippen LogP contribution in [0.15, 0.2) is 24.3 Å². The largest absolute Gasteiger partial charge is 0.481 e. The minimum absolute atomic E-state index is 0.0353. The average Bonchev–Trinajstić information content (AvgIpc) is 2.23. The summed E-state index contributed by atoms with van der Waals surface area (Å²) in [7, 11) is 0. The number of rotatable bonds is 5. The number of carboxylic acid groups (broad SMARTS) is 1. The monoisotopic (exact) mass is 255 g/mol. The van der Waals surface area contributed by atoms with Gasteiger partial charge >= 0.3 is 5.97 Å². The van der Waals surface area contributed by atoms with E-state index in [0.717, 1.165) is 5.56 Å². The molecule has 0 radical (unpaired) electrons. The molecule has 1 saturated heterocycles. The van der Waals surface area contributed by atoms with Crippen LogP contribution in [0.4, 0.5) is 0 Å². The molecule has 0 amide bonds. The van der Waals surface area contributed by atoms with Gasteiger partial charge in [0.1, 0.15) is 5.60 Å². The van der Waals surface area contributed by atoms with Crippen molar-refractivity contribution in [2.24, 2.45) is 0 Å². The Bertz CT molecular complexity index is 401. The third kappa shape index (κ3) is 3.19. The highest BCUT2D eigenvalue weighted by molar-refractivity contribution is 6.30. The summed E-state index contributed by atoms with van der Waals surface area (Å²) in [6.07, 6.45) is 0.0353. The average molecular weight is 256 g/mol. The van der Waals surface area contributed by atoms with Gasteiger partial charge in [0, 0.05) is 18.1 Å². The van der Waals surface area contributed by atoms with Crippen LogP contribution in [0.3, 0.4) is 0 Å². The van der Waals surface area contributed by atoms with Gasteiger partial charge in [-0.2, -0.15) is 0 Å². The number of carboxylic acids is 1. The third-order valence-corrected chi connectivity index (χ3v) is 3.08. The van der Waals surface area contributed by atoms with Crippen LogP contribution in [0.2, 0.25) is 5.02 Å². The lowest BCUT2D eigenvalue weighted by molar-refractivity contribution is -0.152. The van der Waals surface area contributed by atoms with Crippen molar-refractivity contribution in [2.45, 2.75) is 18.6 Å². The van der Waals surface area contributed by atoms with E-state index in [0.29, 0.717) is 24.7 Å². The lowest BCUT2D eigenvalue weighted by Crippen LogP contribution is -2.61. The Kier molecular flexibility index (Phi) is 3.66. The van der Waals surface area contributed by atoms with Crippen LogP contribution in [-0.4, -0.2) is 29.8 Å². The maximum absolute atomic E-state index is 10.7. The zero-order chi connectivity index (χ0) is 12.3. The second kappa shape index (κ2) is 5.04. The van der Waals surface area contributed by atoms with E-state index in [2.05, 4.69) is 5.32 Å². The van der Waals surface area contributed by atoms with Gasteiger partial charge in [0.2, 0.25) is 0 Å². The Morgan fingerprint density at radius 2 is 2.06 bits per heavy atom. The van der Waals surface area contributed by atoms with E-state index in [4.69, 9.17) is 21.4 Å². The molecule has 92 valence electrons. The fourth-order valence-electron chi connectivity index (χ4n) is 1.77. The number of nitrogens with one attached hydrogen (secondary N) is 1. The van der Waals surface area contributed by atoms with Gasteiger partial charge in [-0.05, 0) is 17.7 Å². The summed E-state index contributed by atoms with van der Waals surface area (Å²) in [6, 6.07) is 7.35. The van der Waals surface area contributed by atoms with E-state index in [9.17, 15) is 4.79 Å². The normalized spacial score (nSPS) is 17.5. The first-order valence-corrected chi connectivity index (χ1v) is 5.78. The predicted octanol–water partition coefficient (Wildman–Crippen LogP) is 1.67. The Labute approximate surface area is 105 Å². The molecular formula is C12H14ClNO3. The number of hydrogen-bond acceptors (Lipinski definition) is 3. The summed E-state index contributed by atoms with van der Waals surface area (Å²) in [5.41, 5.74) is 0.442. The first kappa shape index (κ1) is 12.4. The van der Waals surface area contributed by atoms with E-state index in [-0.39, 0.29) is 6.42 Å². The molecule has 0 atom stereocenters. The summed E-state index contributed by atoms with van der Waals surface area (Å²) in [5, 5.41) is 12.5. The van der Waals surface area contributed by atoms with Gasteiger partial charge < -0.3 is 15.2 Å². The zero-order valence-electron chi connectivity index (χ0n) is 9.28. The molecule has 0 bridgehead atoms. The van der Waals surface area contributed by atoms with Crippen LogP contribution in [-0.2, 0) is 16.1 Å². The number of hydrogen-bond donors (Lipinski definition) is 2. The SMILES string of the molecule is O=C(O)CC1(OCc2ccc(Cl)cc2)CNC1. The van der Waals surface area contributed by atoms with Gasteiger partial charge in [-0.25, -0.2) is 0 Å². The van der Waals surface area contributed by atoms with Gasteiger partial charge in [-0.1, -0.05) is 23.7 Å². The van der Waals surface area contributed by atoms with Crippen molar-refractivity contribution >= 4 is 17.6 Å². The molecule has 0 unspecified atom stereocenters. The third-order valence-electron chi connectivity index (χ3n) is 2.83. The highest BCUT2D eigenvalue weighted by Gasteiger charge is 2.40. The summed E-state index contributed by atoms with van der Waals surface area (Å²) in [4.78, 5) is 10.7. The first-order chi connectivity index (χ1) is 8.10. The molecule has 4 nitrogen and oxygen atoms in total. The summed E-state index contributed by atoms with van der Waals surface area (Å²) < 4.78 is 5.72. The van der Waals surface area contributed by atoms with Gasteiger partial charge in [0.15, 0.2) is 0 Å². The molecule has 2 N–H and O–H groups in total. The first-order valence-electron chi connectivity index (χ1n) is 5.41. The fourth-order valence-corrected chi connectivity index (χ4v) is 1.90. The molecule has 0 aliphatic carbocycles. The topological polar surface area (TPSA) is 58.6 Å². The molecule has 5 heteroatoms. The van der Waals surface area contributed by atoms with Crippen LogP contribution in [0, 0.1) is 0 Å². The van der Waals surface area contributed by atoms with Gasteiger partial charge in [0.05, 0.1) is 13.0 Å². The maximum atomic E-state index is 10.7. The van der Waals surface area contributed by atoms with Crippen molar-refractivity contribution in [3.05, 3.63) is 34.9 Å². The smallest absolute Gasteiger partial charge is 0.306 e. The van der Waals surface area contributed by atoms with Crippen LogP contribution in [0.1, 0.15) is 12.0 Å². The molecule has 1 aromatic carbocycles. The zero-order valence-corrected chi connectivity index (χ0v) is 10.0. The standard InChI is InChI=1S/C12H14ClNO3/c13-10-3-1-9(2-4-10)6-17-12(5-11(15)16)7-14-8-12/h1-4,14H,5-8H2,(H,15,16). The van der Waals surface area contributed by atoms with Crippen molar-refractivity contribution in [1.82, 2.24) is 5.32 Å². The molecule has 0 spiro atoms. The van der Waals surface area contributed by atoms with Gasteiger partial charge in [-0.15, -0.1) is 0 Å². The lowest BCUT2D eigenvalue weighted by atomic mass is 9.92. The number of ether oxygens (including phenoxy) is 1. The molecule has 2 rings (SSSR count). The molecule has 1 aliphatic heterocycles. The molecule has 1 aliphatic rings. The molecule has 1 heterocycles. The fraction of sp³-hybridized carbons (Fsp3) is 0.417. The van der Waals surface area contributed by atoms with E-state index in [1.54, 1.807) is 12.1 Å². The van der Waals surface area contributed by atoms with Crippen LogP contribution in [0.5, 0.6) is 0 Å². The lowest BCUT2D eigenvalue weighted by Gasteiger charge is -2.41. The van der Waals surface area contributed by atoms with Crippen molar-refractivity contribution in [2.75, 3.05) is 13.1 Å². The van der Waals surface area contributed by atoms with Crippen LogP contribution < -0.4 is 5.32 Å². The highest BCUT2D eigenvalue weighted by atomic mass is 35.5. The number of carbonyl (C=O) groups is 1. The Hall–Kier alpha value is -1.10. The van der Waals surface area contributed by atoms with Crippen molar-refractivity contribution < 1.29 is 14.6 Å².